The molecule has 0 atom stereocenters. The van der Waals surface area contributed by atoms with Gasteiger partial charge in [-0.3, -0.25) is 10.1 Å². The van der Waals surface area contributed by atoms with E-state index in [1.165, 1.54) is 18.2 Å². The molecule has 0 aliphatic carbocycles. The van der Waals surface area contributed by atoms with Crippen molar-refractivity contribution in [1.82, 2.24) is 0 Å². The molecule has 0 heterocycles. The second-order valence-corrected chi connectivity index (χ2v) is 4.58. The number of esters is 1. The zero-order valence-corrected chi connectivity index (χ0v) is 12.4. The van der Waals surface area contributed by atoms with Crippen molar-refractivity contribution in [2.75, 3.05) is 6.61 Å². The molecule has 2 aromatic rings. The summed E-state index contributed by atoms with van der Waals surface area (Å²) in [6.07, 6.45) is 0. The molecule has 0 saturated heterocycles. The molecule has 2 aromatic carbocycles. The molecule has 0 aliphatic heterocycles. The third-order valence-electron chi connectivity index (χ3n) is 3.13. The van der Waals surface area contributed by atoms with Crippen LogP contribution in [0.5, 0.6) is 0 Å². The molecule has 0 spiro atoms. The molecule has 0 radical (unpaired) electrons. The average molecular weight is 313 g/mol. The zero-order chi connectivity index (χ0) is 16.8. The number of nitro groups is 1. The number of ether oxygens (including phenoxy) is 1. The fourth-order valence-electron chi connectivity index (χ4n) is 2.12. The fourth-order valence-corrected chi connectivity index (χ4v) is 2.12. The van der Waals surface area contributed by atoms with Crippen LogP contribution >= 0.6 is 0 Å². The summed E-state index contributed by atoms with van der Waals surface area (Å²) in [5, 5.41) is 21.7. The van der Waals surface area contributed by atoms with Crippen molar-refractivity contribution in [3.8, 4) is 0 Å². The molecule has 1 N–H and O–H groups in total. The average Bonchev–Trinajstić information content (AvgIpc) is 2.56. The van der Waals surface area contributed by atoms with Crippen molar-refractivity contribution in [2.45, 2.75) is 6.92 Å². The van der Waals surface area contributed by atoms with Crippen molar-refractivity contribution in [3.63, 3.8) is 0 Å². The van der Waals surface area contributed by atoms with E-state index in [1.807, 2.05) is 0 Å². The van der Waals surface area contributed by atoms with Crippen LogP contribution in [0.1, 0.15) is 18.1 Å². The first kappa shape index (κ1) is 16.2. The first-order chi connectivity index (χ1) is 11.1. The topological polar surface area (TPSA) is 89.7 Å². The quantitative estimate of drug-likeness (QED) is 0.227. The second kappa shape index (κ2) is 7.22. The second-order valence-electron chi connectivity index (χ2n) is 4.58. The lowest BCUT2D eigenvalue weighted by Crippen LogP contribution is -2.11. The Morgan fingerprint density at radius 2 is 1.74 bits per heavy atom. The Hall–Kier alpha value is -3.15. The minimum absolute atomic E-state index is 0.0114. The van der Waals surface area contributed by atoms with Gasteiger partial charge in [-0.15, -0.1) is 0 Å². The molecule has 118 valence electrons. The van der Waals surface area contributed by atoms with Gasteiger partial charge < -0.3 is 9.84 Å². The summed E-state index contributed by atoms with van der Waals surface area (Å²) in [4.78, 5) is 22.9. The van der Waals surface area contributed by atoms with E-state index < -0.39 is 10.9 Å². The van der Waals surface area contributed by atoms with Crippen LogP contribution in [-0.2, 0) is 9.53 Å². The third-order valence-corrected chi connectivity index (χ3v) is 3.13. The van der Waals surface area contributed by atoms with E-state index in [1.54, 1.807) is 43.3 Å². The predicted molar refractivity (Wildman–Crippen MR) is 85.6 cm³/mol. The van der Waals surface area contributed by atoms with E-state index in [2.05, 4.69) is 0 Å². The Labute approximate surface area is 132 Å². The molecule has 0 aliphatic rings. The summed E-state index contributed by atoms with van der Waals surface area (Å²) in [5.41, 5.74) is -0.130. The van der Waals surface area contributed by atoms with E-state index in [4.69, 9.17) is 4.74 Å². The van der Waals surface area contributed by atoms with Crippen LogP contribution in [0.4, 0.5) is 5.69 Å². The molecule has 0 saturated carbocycles. The van der Waals surface area contributed by atoms with Gasteiger partial charge in [0.15, 0.2) is 0 Å². The van der Waals surface area contributed by atoms with Gasteiger partial charge >= 0.3 is 5.97 Å². The lowest BCUT2D eigenvalue weighted by Gasteiger charge is -2.11. The van der Waals surface area contributed by atoms with Crippen molar-refractivity contribution in [2.24, 2.45) is 0 Å². The number of carbonyl (C=O) groups excluding carboxylic acids is 1. The molecule has 23 heavy (non-hydrogen) atoms. The number of nitro benzene ring substituents is 1. The van der Waals surface area contributed by atoms with Crippen molar-refractivity contribution in [3.05, 3.63) is 75.8 Å². The number of nitrogens with zero attached hydrogens (tertiary/aromatic N) is 1. The van der Waals surface area contributed by atoms with Crippen LogP contribution in [0, 0.1) is 10.1 Å². The Bertz CT molecular complexity index is 753. The highest BCUT2D eigenvalue weighted by Crippen LogP contribution is 2.31. The van der Waals surface area contributed by atoms with Gasteiger partial charge in [0.25, 0.3) is 5.69 Å². The maximum absolute atomic E-state index is 12.3. The standard InChI is InChI=1S/C17H15NO5/c1-2-23-17(20)15(16(19)12-8-4-3-5-9-12)13-10-6-7-11-14(13)18(21)22/h3-11,19H,2H2,1H3. The van der Waals surface area contributed by atoms with E-state index in [-0.39, 0.29) is 29.2 Å². The van der Waals surface area contributed by atoms with Crippen LogP contribution in [0.2, 0.25) is 0 Å². The first-order valence-electron chi connectivity index (χ1n) is 6.95. The number of aliphatic hydroxyl groups excluding tert-OH is 1. The van der Waals surface area contributed by atoms with Crippen LogP contribution in [-0.4, -0.2) is 22.6 Å². The van der Waals surface area contributed by atoms with Gasteiger partial charge in [0.05, 0.1) is 17.1 Å². The first-order valence-corrected chi connectivity index (χ1v) is 6.95. The van der Waals surface area contributed by atoms with E-state index >= 15 is 0 Å². The van der Waals surface area contributed by atoms with E-state index in [9.17, 15) is 20.0 Å². The number of benzene rings is 2. The Morgan fingerprint density at radius 3 is 2.35 bits per heavy atom. The van der Waals surface area contributed by atoms with Crippen molar-refractivity contribution in [1.29, 1.82) is 0 Å². The van der Waals surface area contributed by atoms with Crippen LogP contribution < -0.4 is 0 Å². The summed E-state index contributed by atoms with van der Waals surface area (Å²) < 4.78 is 4.96. The molecule has 0 aromatic heterocycles. The third kappa shape index (κ3) is 3.55. The maximum atomic E-state index is 12.3. The van der Waals surface area contributed by atoms with Gasteiger partial charge in [-0.2, -0.15) is 0 Å². The SMILES string of the molecule is CCOC(=O)C(=C(O)c1ccccc1)c1ccccc1[N+](=O)[O-]. The molecule has 0 bridgehead atoms. The fraction of sp³-hybridized carbons (Fsp3) is 0.118. The van der Waals surface area contributed by atoms with Gasteiger partial charge in [0, 0.05) is 11.6 Å². The number of para-hydroxylation sites is 1. The normalized spacial score (nSPS) is 11.5. The molecule has 0 amide bonds. The summed E-state index contributed by atoms with van der Waals surface area (Å²) in [5.74, 6) is -1.18. The highest BCUT2D eigenvalue weighted by Gasteiger charge is 2.26. The maximum Gasteiger partial charge on any atom is 0.342 e. The highest BCUT2D eigenvalue weighted by atomic mass is 16.6. The molecule has 6 heteroatoms. The summed E-state index contributed by atoms with van der Waals surface area (Å²) in [6, 6.07) is 14.1. The summed E-state index contributed by atoms with van der Waals surface area (Å²) in [7, 11) is 0. The number of hydrogen-bond acceptors (Lipinski definition) is 5. The number of hydrogen-bond donors (Lipinski definition) is 1. The van der Waals surface area contributed by atoms with E-state index in [0.717, 1.165) is 0 Å². The lowest BCUT2D eigenvalue weighted by molar-refractivity contribution is -0.385. The Kier molecular flexibility index (Phi) is 5.09. The van der Waals surface area contributed by atoms with Crippen LogP contribution in [0.25, 0.3) is 11.3 Å². The summed E-state index contributed by atoms with van der Waals surface area (Å²) >= 11 is 0. The molecule has 0 fully saturated rings. The number of rotatable bonds is 5. The number of carbonyl (C=O) groups is 1. The van der Waals surface area contributed by atoms with Gasteiger partial charge in [-0.25, -0.2) is 4.79 Å². The Morgan fingerprint density at radius 1 is 1.13 bits per heavy atom. The molecular weight excluding hydrogens is 298 g/mol. The minimum atomic E-state index is -0.817. The molecule has 0 unspecified atom stereocenters. The molecule has 2 rings (SSSR count). The van der Waals surface area contributed by atoms with Gasteiger partial charge in [0.2, 0.25) is 0 Å². The largest absolute Gasteiger partial charge is 0.506 e. The smallest absolute Gasteiger partial charge is 0.342 e. The van der Waals surface area contributed by atoms with Gasteiger partial charge in [0.1, 0.15) is 11.3 Å². The Balaban J connectivity index is 2.70. The predicted octanol–water partition coefficient (Wildman–Crippen LogP) is 3.58. The van der Waals surface area contributed by atoms with Gasteiger partial charge in [-0.1, -0.05) is 42.5 Å². The van der Waals surface area contributed by atoms with Crippen molar-refractivity contribution >= 4 is 23.0 Å². The molecule has 6 nitrogen and oxygen atoms in total. The summed E-state index contributed by atoms with van der Waals surface area (Å²) in [6.45, 7) is 1.71. The molecular formula is C17H15NO5. The number of aliphatic hydroxyl groups is 1. The van der Waals surface area contributed by atoms with E-state index in [0.29, 0.717) is 5.56 Å². The minimum Gasteiger partial charge on any atom is -0.506 e. The van der Waals surface area contributed by atoms with Crippen LogP contribution in [0.3, 0.4) is 0 Å². The lowest BCUT2D eigenvalue weighted by atomic mass is 9.99. The monoisotopic (exact) mass is 313 g/mol. The zero-order valence-electron chi connectivity index (χ0n) is 12.4. The van der Waals surface area contributed by atoms with Crippen molar-refractivity contribution < 1.29 is 19.6 Å². The van der Waals surface area contributed by atoms with Gasteiger partial charge in [-0.05, 0) is 13.0 Å². The van der Waals surface area contributed by atoms with Crippen LogP contribution in [0.15, 0.2) is 54.6 Å². The highest BCUT2D eigenvalue weighted by molar-refractivity contribution is 6.24.